The summed E-state index contributed by atoms with van der Waals surface area (Å²) in [6.07, 6.45) is 5.50. The number of hydrogen-bond acceptors (Lipinski definition) is 3. The van der Waals surface area contributed by atoms with Gasteiger partial charge in [0.15, 0.2) is 0 Å². The van der Waals surface area contributed by atoms with Crippen LogP contribution in [0.25, 0.3) is 0 Å². The molecule has 2 fully saturated rings. The van der Waals surface area contributed by atoms with E-state index in [9.17, 15) is 4.79 Å². The van der Waals surface area contributed by atoms with Gasteiger partial charge in [-0.25, -0.2) is 0 Å². The van der Waals surface area contributed by atoms with E-state index in [-0.39, 0.29) is 0 Å². The van der Waals surface area contributed by atoms with Gasteiger partial charge in [-0.15, -0.1) is 0 Å². The molecule has 17 heavy (non-hydrogen) atoms. The van der Waals surface area contributed by atoms with E-state index in [0.717, 1.165) is 45.7 Å². The molecule has 1 amide bonds. The van der Waals surface area contributed by atoms with Crippen LogP contribution in [-0.2, 0) is 4.79 Å². The molecular formula is C13H25N3O. The van der Waals surface area contributed by atoms with E-state index in [2.05, 4.69) is 4.90 Å². The van der Waals surface area contributed by atoms with Crippen LogP contribution < -0.4 is 5.73 Å². The summed E-state index contributed by atoms with van der Waals surface area (Å²) in [5, 5.41) is 0. The topological polar surface area (TPSA) is 49.6 Å². The van der Waals surface area contributed by atoms with Crippen LogP contribution >= 0.6 is 0 Å². The smallest absolute Gasteiger partial charge is 0.222 e. The normalized spacial score (nSPS) is 23.2. The molecule has 0 bridgehead atoms. The van der Waals surface area contributed by atoms with E-state index in [4.69, 9.17) is 5.73 Å². The number of piperidine rings is 1. The third kappa shape index (κ3) is 3.68. The number of rotatable bonds is 4. The molecule has 0 saturated carbocycles. The molecule has 98 valence electrons. The third-order valence-corrected chi connectivity index (χ3v) is 4.07. The Morgan fingerprint density at radius 2 is 1.76 bits per heavy atom. The van der Waals surface area contributed by atoms with E-state index in [1.54, 1.807) is 0 Å². The Bertz CT molecular complexity index is 243. The highest BCUT2D eigenvalue weighted by molar-refractivity contribution is 5.76. The fourth-order valence-electron chi connectivity index (χ4n) is 2.94. The van der Waals surface area contributed by atoms with Crippen LogP contribution in [0.1, 0.15) is 32.1 Å². The predicted octanol–water partition coefficient (Wildman–Crippen LogP) is 0.670. The van der Waals surface area contributed by atoms with Crippen LogP contribution in [0, 0.1) is 5.92 Å². The molecule has 0 aliphatic carbocycles. The van der Waals surface area contributed by atoms with Gasteiger partial charge in [-0.1, -0.05) is 0 Å². The maximum Gasteiger partial charge on any atom is 0.222 e. The highest BCUT2D eigenvalue weighted by Crippen LogP contribution is 2.22. The second-order valence-electron chi connectivity index (χ2n) is 5.37. The zero-order chi connectivity index (χ0) is 12.1. The monoisotopic (exact) mass is 239 g/mol. The summed E-state index contributed by atoms with van der Waals surface area (Å²) in [7, 11) is 0. The summed E-state index contributed by atoms with van der Waals surface area (Å²) in [5.74, 6) is 0.997. The molecule has 2 saturated heterocycles. The van der Waals surface area contributed by atoms with Crippen molar-refractivity contribution in [3.8, 4) is 0 Å². The first-order valence-electron chi connectivity index (χ1n) is 7.00. The van der Waals surface area contributed by atoms with Crippen molar-refractivity contribution in [2.75, 3.05) is 39.3 Å². The Balaban J connectivity index is 1.68. The molecule has 0 spiro atoms. The summed E-state index contributed by atoms with van der Waals surface area (Å²) < 4.78 is 0. The van der Waals surface area contributed by atoms with Gasteiger partial charge in [0.1, 0.15) is 0 Å². The Kier molecular flexibility index (Phi) is 4.80. The zero-order valence-corrected chi connectivity index (χ0v) is 10.7. The number of hydrogen-bond donors (Lipinski definition) is 1. The van der Waals surface area contributed by atoms with Crippen molar-refractivity contribution in [2.24, 2.45) is 11.7 Å². The molecule has 2 N–H and O–H groups in total. The minimum absolute atomic E-state index is 0.389. The Hall–Kier alpha value is -0.610. The number of likely N-dealkylation sites (tertiary alicyclic amines) is 2. The first kappa shape index (κ1) is 12.8. The van der Waals surface area contributed by atoms with Gasteiger partial charge in [-0.3, -0.25) is 4.79 Å². The van der Waals surface area contributed by atoms with E-state index in [1.165, 1.54) is 25.7 Å². The first-order valence-corrected chi connectivity index (χ1v) is 7.00. The van der Waals surface area contributed by atoms with Gasteiger partial charge in [0.2, 0.25) is 5.91 Å². The van der Waals surface area contributed by atoms with E-state index >= 15 is 0 Å². The second-order valence-corrected chi connectivity index (χ2v) is 5.37. The standard InChI is InChI=1S/C13H25N3O/c14-5-10-15-8-3-12(4-9-15)11-13(17)16-6-1-2-7-16/h12H,1-11,14H2. The van der Waals surface area contributed by atoms with Gasteiger partial charge in [0.05, 0.1) is 0 Å². The summed E-state index contributed by atoms with van der Waals surface area (Å²) in [6, 6.07) is 0. The van der Waals surface area contributed by atoms with Crippen LogP contribution in [0.15, 0.2) is 0 Å². The molecule has 4 heteroatoms. The highest BCUT2D eigenvalue weighted by Gasteiger charge is 2.24. The lowest BCUT2D eigenvalue weighted by Gasteiger charge is -2.32. The Morgan fingerprint density at radius 3 is 2.35 bits per heavy atom. The molecule has 2 heterocycles. The largest absolute Gasteiger partial charge is 0.343 e. The molecule has 2 aliphatic rings. The lowest BCUT2D eigenvalue weighted by Crippen LogP contribution is -2.38. The summed E-state index contributed by atoms with van der Waals surface area (Å²) >= 11 is 0. The first-order chi connectivity index (χ1) is 8.29. The molecule has 0 atom stereocenters. The molecule has 0 unspecified atom stereocenters. The molecule has 0 aromatic heterocycles. The highest BCUT2D eigenvalue weighted by atomic mass is 16.2. The SMILES string of the molecule is NCCN1CCC(CC(=O)N2CCCC2)CC1. The number of amides is 1. The average molecular weight is 239 g/mol. The van der Waals surface area contributed by atoms with Crippen molar-refractivity contribution in [1.82, 2.24) is 9.80 Å². The summed E-state index contributed by atoms with van der Waals surface area (Å²) in [4.78, 5) is 16.5. The maximum atomic E-state index is 12.0. The minimum Gasteiger partial charge on any atom is -0.343 e. The Morgan fingerprint density at radius 1 is 1.12 bits per heavy atom. The fraction of sp³-hybridized carbons (Fsp3) is 0.923. The van der Waals surface area contributed by atoms with Crippen molar-refractivity contribution in [3.63, 3.8) is 0 Å². The third-order valence-electron chi connectivity index (χ3n) is 4.07. The van der Waals surface area contributed by atoms with Gasteiger partial charge in [0, 0.05) is 32.6 Å². The second kappa shape index (κ2) is 6.36. The van der Waals surface area contributed by atoms with Crippen LogP contribution in [0.3, 0.4) is 0 Å². The van der Waals surface area contributed by atoms with E-state index < -0.39 is 0 Å². The number of carbonyl (C=O) groups excluding carboxylic acids is 1. The van der Waals surface area contributed by atoms with Crippen molar-refractivity contribution < 1.29 is 4.79 Å². The summed E-state index contributed by atoms with van der Waals surface area (Å²) in [5.41, 5.74) is 5.56. The molecular weight excluding hydrogens is 214 g/mol. The molecule has 2 rings (SSSR count). The molecule has 0 aromatic carbocycles. The zero-order valence-electron chi connectivity index (χ0n) is 10.7. The number of carbonyl (C=O) groups is 1. The van der Waals surface area contributed by atoms with Crippen molar-refractivity contribution in [3.05, 3.63) is 0 Å². The van der Waals surface area contributed by atoms with E-state index in [0.29, 0.717) is 11.8 Å². The van der Waals surface area contributed by atoms with Gasteiger partial charge < -0.3 is 15.5 Å². The Labute approximate surface area is 104 Å². The molecule has 0 radical (unpaired) electrons. The van der Waals surface area contributed by atoms with Crippen LogP contribution in [-0.4, -0.2) is 55.0 Å². The lowest BCUT2D eigenvalue weighted by atomic mass is 9.93. The quantitative estimate of drug-likeness (QED) is 0.784. The number of nitrogens with two attached hydrogens (primary N) is 1. The predicted molar refractivity (Wildman–Crippen MR) is 68.6 cm³/mol. The average Bonchev–Trinajstić information content (AvgIpc) is 2.86. The van der Waals surface area contributed by atoms with Crippen molar-refractivity contribution in [1.29, 1.82) is 0 Å². The van der Waals surface area contributed by atoms with Crippen LogP contribution in [0.4, 0.5) is 0 Å². The molecule has 0 aromatic rings. The van der Waals surface area contributed by atoms with Gasteiger partial charge >= 0.3 is 0 Å². The van der Waals surface area contributed by atoms with Gasteiger partial charge in [-0.2, -0.15) is 0 Å². The maximum absolute atomic E-state index is 12.0. The molecule has 4 nitrogen and oxygen atoms in total. The van der Waals surface area contributed by atoms with Gasteiger partial charge in [-0.05, 0) is 44.7 Å². The van der Waals surface area contributed by atoms with E-state index in [1.807, 2.05) is 4.90 Å². The van der Waals surface area contributed by atoms with Gasteiger partial charge in [0.25, 0.3) is 0 Å². The van der Waals surface area contributed by atoms with Crippen molar-refractivity contribution >= 4 is 5.91 Å². The minimum atomic E-state index is 0.389. The fourth-order valence-corrected chi connectivity index (χ4v) is 2.94. The van der Waals surface area contributed by atoms with Crippen LogP contribution in [0.5, 0.6) is 0 Å². The van der Waals surface area contributed by atoms with Crippen LogP contribution in [0.2, 0.25) is 0 Å². The lowest BCUT2D eigenvalue weighted by molar-refractivity contribution is -0.131. The summed E-state index contributed by atoms with van der Waals surface area (Å²) in [6.45, 7) is 5.98. The molecule has 2 aliphatic heterocycles. The number of nitrogens with zero attached hydrogens (tertiary/aromatic N) is 2. The van der Waals surface area contributed by atoms with Crippen molar-refractivity contribution in [2.45, 2.75) is 32.1 Å².